The molecule has 17 heavy (non-hydrogen) atoms. The third-order valence-corrected chi connectivity index (χ3v) is 2.90. The van der Waals surface area contributed by atoms with Crippen molar-refractivity contribution >= 4 is 28.6 Å². The monoisotopic (exact) mass is 252 g/mol. The maximum atomic E-state index is 10.6. The van der Waals surface area contributed by atoms with Gasteiger partial charge in [0.05, 0.1) is 17.5 Å². The van der Waals surface area contributed by atoms with E-state index in [0.717, 1.165) is 23.4 Å². The lowest BCUT2D eigenvalue weighted by Crippen LogP contribution is -2.05. The van der Waals surface area contributed by atoms with Crippen LogP contribution < -0.4 is 0 Å². The fraction of sp³-hybridized carbons (Fsp3) is 0.333. The van der Waals surface area contributed by atoms with Crippen LogP contribution in [0.15, 0.2) is 18.2 Å². The van der Waals surface area contributed by atoms with Crippen LogP contribution in [0.3, 0.4) is 0 Å². The van der Waals surface area contributed by atoms with Crippen molar-refractivity contribution in [2.75, 3.05) is 0 Å². The molecule has 1 heterocycles. The minimum atomic E-state index is -0.808. The van der Waals surface area contributed by atoms with Gasteiger partial charge in [0.2, 0.25) is 0 Å². The first kappa shape index (κ1) is 11.9. The van der Waals surface area contributed by atoms with Gasteiger partial charge in [-0.05, 0) is 25.1 Å². The van der Waals surface area contributed by atoms with Gasteiger partial charge < -0.3 is 9.67 Å². The van der Waals surface area contributed by atoms with Crippen LogP contribution in [0.1, 0.15) is 19.2 Å². The summed E-state index contributed by atoms with van der Waals surface area (Å²) in [5, 5.41) is 9.34. The van der Waals surface area contributed by atoms with Crippen molar-refractivity contribution in [2.45, 2.75) is 26.3 Å². The first-order valence-corrected chi connectivity index (χ1v) is 5.86. The Balaban J connectivity index is 2.44. The maximum absolute atomic E-state index is 10.6. The number of benzene rings is 1. The van der Waals surface area contributed by atoms with Crippen LogP contribution in [0.25, 0.3) is 11.0 Å². The third kappa shape index (κ3) is 2.42. The van der Waals surface area contributed by atoms with Gasteiger partial charge in [-0.2, -0.15) is 0 Å². The van der Waals surface area contributed by atoms with Gasteiger partial charge in [-0.25, -0.2) is 4.98 Å². The number of aromatic nitrogens is 2. The second-order valence-corrected chi connectivity index (χ2v) is 4.24. The molecule has 90 valence electrons. The molecule has 0 bridgehead atoms. The van der Waals surface area contributed by atoms with E-state index in [0.29, 0.717) is 11.4 Å². The number of carboxylic acids is 1. The maximum Gasteiger partial charge on any atom is 0.303 e. The molecule has 0 radical (unpaired) electrons. The molecule has 0 amide bonds. The molecular formula is C12H13ClN2O2. The number of aryl methyl sites for hydroxylation is 2. The highest BCUT2D eigenvalue weighted by Crippen LogP contribution is 2.21. The Kier molecular flexibility index (Phi) is 3.33. The van der Waals surface area contributed by atoms with E-state index in [2.05, 4.69) is 4.98 Å². The van der Waals surface area contributed by atoms with E-state index in [9.17, 15) is 4.79 Å². The molecule has 2 rings (SSSR count). The van der Waals surface area contributed by atoms with Crippen molar-refractivity contribution in [2.24, 2.45) is 0 Å². The van der Waals surface area contributed by atoms with Crippen LogP contribution in [0.5, 0.6) is 0 Å². The second-order valence-electron chi connectivity index (χ2n) is 3.80. The number of carbonyl (C=O) groups is 1. The topological polar surface area (TPSA) is 55.1 Å². The fourth-order valence-corrected chi connectivity index (χ4v) is 2.08. The highest BCUT2D eigenvalue weighted by Gasteiger charge is 2.10. The molecule has 0 spiro atoms. The predicted molar refractivity (Wildman–Crippen MR) is 66.4 cm³/mol. The molecule has 2 aromatic rings. The Morgan fingerprint density at radius 2 is 2.29 bits per heavy atom. The van der Waals surface area contributed by atoms with Crippen LogP contribution in [0.2, 0.25) is 5.02 Å². The van der Waals surface area contributed by atoms with Gasteiger partial charge in [0.1, 0.15) is 5.82 Å². The molecule has 0 aliphatic heterocycles. The summed E-state index contributed by atoms with van der Waals surface area (Å²) in [5.41, 5.74) is 1.82. The minimum Gasteiger partial charge on any atom is -0.481 e. The van der Waals surface area contributed by atoms with Crippen molar-refractivity contribution in [3.8, 4) is 0 Å². The lowest BCUT2D eigenvalue weighted by Gasteiger charge is -2.04. The predicted octanol–water partition coefficient (Wildman–Crippen LogP) is 2.73. The van der Waals surface area contributed by atoms with Crippen molar-refractivity contribution < 1.29 is 9.90 Å². The zero-order chi connectivity index (χ0) is 12.4. The zero-order valence-corrected chi connectivity index (χ0v) is 10.2. The highest BCUT2D eigenvalue weighted by atomic mass is 35.5. The number of halogens is 1. The third-order valence-electron chi connectivity index (χ3n) is 2.67. The first-order valence-electron chi connectivity index (χ1n) is 5.48. The average Bonchev–Trinajstić information content (AvgIpc) is 2.62. The van der Waals surface area contributed by atoms with Crippen molar-refractivity contribution in [3.05, 3.63) is 29.0 Å². The van der Waals surface area contributed by atoms with Crippen molar-refractivity contribution in [1.29, 1.82) is 0 Å². The van der Waals surface area contributed by atoms with Gasteiger partial charge >= 0.3 is 5.97 Å². The summed E-state index contributed by atoms with van der Waals surface area (Å²) in [6.45, 7) is 2.78. The van der Waals surface area contributed by atoms with Crippen LogP contribution in [0, 0.1) is 0 Å². The second kappa shape index (κ2) is 4.75. The van der Waals surface area contributed by atoms with Crippen LogP contribution in [-0.4, -0.2) is 20.6 Å². The molecule has 1 aromatic heterocycles. The molecule has 0 unspecified atom stereocenters. The van der Waals surface area contributed by atoms with Crippen LogP contribution >= 0.6 is 11.6 Å². The standard InChI is InChI=1S/C12H13ClN2O2/c1-2-15-10-4-3-8(13)7-9(10)14-11(15)5-6-12(16)17/h3-4,7H,2,5-6H2,1H3,(H,16,17). The average molecular weight is 253 g/mol. The van der Waals surface area contributed by atoms with Gasteiger partial charge in [0.15, 0.2) is 0 Å². The zero-order valence-electron chi connectivity index (χ0n) is 9.48. The fourth-order valence-electron chi connectivity index (χ4n) is 1.92. The summed E-state index contributed by atoms with van der Waals surface area (Å²) in [5.74, 6) is -0.00934. The van der Waals surface area contributed by atoms with E-state index in [4.69, 9.17) is 16.7 Å². The number of nitrogens with zero attached hydrogens (tertiary/aromatic N) is 2. The van der Waals surface area contributed by atoms with Gasteiger partial charge in [0.25, 0.3) is 0 Å². The van der Waals surface area contributed by atoms with Crippen LogP contribution in [0.4, 0.5) is 0 Å². The molecule has 0 atom stereocenters. The smallest absolute Gasteiger partial charge is 0.303 e. The van der Waals surface area contributed by atoms with Gasteiger partial charge in [0, 0.05) is 18.0 Å². The summed E-state index contributed by atoms with van der Waals surface area (Å²) in [4.78, 5) is 15.0. The quantitative estimate of drug-likeness (QED) is 0.910. The molecule has 0 saturated carbocycles. The summed E-state index contributed by atoms with van der Waals surface area (Å²) in [6.07, 6.45) is 0.534. The Morgan fingerprint density at radius 1 is 1.53 bits per heavy atom. The molecule has 1 aromatic carbocycles. The summed E-state index contributed by atoms with van der Waals surface area (Å²) in [7, 11) is 0. The largest absolute Gasteiger partial charge is 0.481 e. The minimum absolute atomic E-state index is 0.0943. The summed E-state index contributed by atoms with van der Waals surface area (Å²) >= 11 is 5.91. The lowest BCUT2D eigenvalue weighted by atomic mass is 10.3. The Hall–Kier alpha value is -1.55. The Morgan fingerprint density at radius 3 is 2.94 bits per heavy atom. The molecule has 4 nitrogen and oxygen atoms in total. The molecule has 0 aliphatic carbocycles. The van der Waals surface area contributed by atoms with Crippen molar-refractivity contribution in [3.63, 3.8) is 0 Å². The van der Waals surface area contributed by atoms with E-state index in [1.165, 1.54) is 0 Å². The Bertz CT molecular complexity index is 563. The molecule has 5 heteroatoms. The van der Waals surface area contributed by atoms with E-state index in [-0.39, 0.29) is 6.42 Å². The molecular weight excluding hydrogens is 240 g/mol. The van der Waals surface area contributed by atoms with E-state index in [1.54, 1.807) is 6.07 Å². The number of fused-ring (bicyclic) bond motifs is 1. The number of rotatable bonds is 4. The first-order chi connectivity index (χ1) is 8.11. The van der Waals surface area contributed by atoms with Gasteiger partial charge in [-0.1, -0.05) is 11.6 Å². The number of carboxylic acid groups (broad SMARTS) is 1. The van der Waals surface area contributed by atoms with Gasteiger partial charge in [-0.3, -0.25) is 4.79 Å². The van der Waals surface area contributed by atoms with E-state index >= 15 is 0 Å². The summed E-state index contributed by atoms with van der Waals surface area (Å²) in [6, 6.07) is 5.53. The lowest BCUT2D eigenvalue weighted by molar-refractivity contribution is -0.137. The summed E-state index contributed by atoms with van der Waals surface area (Å²) < 4.78 is 2.02. The number of aliphatic carboxylic acids is 1. The van der Waals surface area contributed by atoms with Crippen molar-refractivity contribution in [1.82, 2.24) is 9.55 Å². The highest BCUT2D eigenvalue weighted by molar-refractivity contribution is 6.31. The molecule has 0 aliphatic rings. The number of hydrogen-bond acceptors (Lipinski definition) is 2. The number of imidazole rings is 1. The molecule has 1 N–H and O–H groups in total. The number of hydrogen-bond donors (Lipinski definition) is 1. The molecule has 0 fully saturated rings. The molecule has 0 saturated heterocycles. The van der Waals surface area contributed by atoms with E-state index in [1.807, 2.05) is 23.6 Å². The normalized spacial score (nSPS) is 10.9. The van der Waals surface area contributed by atoms with Gasteiger partial charge in [-0.15, -0.1) is 0 Å². The SMILES string of the molecule is CCn1c(CCC(=O)O)nc2cc(Cl)ccc21. The van der Waals surface area contributed by atoms with E-state index < -0.39 is 5.97 Å². The Labute approximate surface area is 104 Å². The van der Waals surface area contributed by atoms with Crippen LogP contribution in [-0.2, 0) is 17.8 Å².